The van der Waals surface area contributed by atoms with Crippen LogP contribution in [0.2, 0.25) is 0 Å². The average molecular weight is 383 g/mol. The SMILES string of the molecule is Cc1ccc2c3ccc(-c4ccc5ccccc5c4)cc3n(-c3ccccc3)c2c1. The fraction of sp³-hybridized carbons (Fsp3) is 0.0345. The Balaban J connectivity index is 1.66. The van der Waals surface area contributed by atoms with Crippen LogP contribution >= 0.6 is 0 Å². The van der Waals surface area contributed by atoms with Crippen molar-refractivity contribution < 1.29 is 0 Å². The van der Waals surface area contributed by atoms with E-state index in [1.165, 1.54) is 55.0 Å². The van der Waals surface area contributed by atoms with Crippen molar-refractivity contribution in [2.75, 3.05) is 0 Å². The van der Waals surface area contributed by atoms with Crippen molar-refractivity contribution in [3.8, 4) is 16.8 Å². The third-order valence-electron chi connectivity index (χ3n) is 6.02. The maximum Gasteiger partial charge on any atom is 0.0547 e. The fourth-order valence-electron chi connectivity index (χ4n) is 4.53. The van der Waals surface area contributed by atoms with Gasteiger partial charge >= 0.3 is 0 Å². The molecule has 0 aliphatic carbocycles. The molecule has 0 bridgehead atoms. The van der Waals surface area contributed by atoms with Gasteiger partial charge < -0.3 is 4.57 Å². The predicted molar refractivity (Wildman–Crippen MR) is 128 cm³/mol. The second kappa shape index (κ2) is 6.60. The van der Waals surface area contributed by atoms with E-state index in [2.05, 4.69) is 121 Å². The monoisotopic (exact) mass is 383 g/mol. The van der Waals surface area contributed by atoms with E-state index in [1.54, 1.807) is 0 Å². The molecule has 0 saturated heterocycles. The average Bonchev–Trinajstić information content (AvgIpc) is 3.11. The molecule has 0 amide bonds. The molecule has 1 aromatic heterocycles. The Morgan fingerprint density at radius 2 is 1.13 bits per heavy atom. The fourth-order valence-corrected chi connectivity index (χ4v) is 4.53. The van der Waals surface area contributed by atoms with Crippen LogP contribution in [-0.4, -0.2) is 4.57 Å². The lowest BCUT2D eigenvalue weighted by molar-refractivity contribution is 1.18. The van der Waals surface area contributed by atoms with E-state index < -0.39 is 0 Å². The molecule has 0 unspecified atom stereocenters. The quantitative estimate of drug-likeness (QED) is 0.286. The largest absolute Gasteiger partial charge is 0.309 e. The zero-order valence-electron chi connectivity index (χ0n) is 16.8. The molecule has 0 spiro atoms. The van der Waals surface area contributed by atoms with Crippen LogP contribution in [0.1, 0.15) is 5.56 Å². The van der Waals surface area contributed by atoms with Crippen LogP contribution in [0.15, 0.2) is 109 Å². The zero-order chi connectivity index (χ0) is 20.1. The minimum Gasteiger partial charge on any atom is -0.309 e. The van der Waals surface area contributed by atoms with Gasteiger partial charge in [-0.2, -0.15) is 0 Å². The third-order valence-corrected chi connectivity index (χ3v) is 6.02. The molecule has 30 heavy (non-hydrogen) atoms. The molecule has 6 rings (SSSR count). The first-order valence-corrected chi connectivity index (χ1v) is 10.4. The van der Waals surface area contributed by atoms with Crippen molar-refractivity contribution in [2.24, 2.45) is 0 Å². The third kappa shape index (κ3) is 2.63. The lowest BCUT2D eigenvalue weighted by atomic mass is 10.00. The highest BCUT2D eigenvalue weighted by atomic mass is 15.0. The van der Waals surface area contributed by atoms with E-state index >= 15 is 0 Å². The van der Waals surface area contributed by atoms with Crippen LogP contribution in [-0.2, 0) is 0 Å². The van der Waals surface area contributed by atoms with Crippen molar-refractivity contribution >= 4 is 32.6 Å². The van der Waals surface area contributed by atoms with Crippen LogP contribution in [0.5, 0.6) is 0 Å². The molecule has 0 atom stereocenters. The van der Waals surface area contributed by atoms with Gasteiger partial charge in [0.05, 0.1) is 11.0 Å². The van der Waals surface area contributed by atoms with Crippen molar-refractivity contribution in [1.82, 2.24) is 4.57 Å². The lowest BCUT2D eigenvalue weighted by Crippen LogP contribution is -1.93. The topological polar surface area (TPSA) is 4.93 Å². The molecule has 0 radical (unpaired) electrons. The standard InChI is InChI=1S/C29H21N/c1-20-11-15-26-27-16-14-24(23-13-12-21-7-5-6-8-22(21)18-23)19-29(27)30(28(26)17-20)25-9-3-2-4-10-25/h2-19H,1H3. The van der Waals surface area contributed by atoms with Gasteiger partial charge in [-0.25, -0.2) is 0 Å². The van der Waals surface area contributed by atoms with Gasteiger partial charge in [0.25, 0.3) is 0 Å². The molecule has 0 saturated carbocycles. The Morgan fingerprint density at radius 1 is 0.500 bits per heavy atom. The minimum absolute atomic E-state index is 1.19. The number of aryl methyl sites for hydroxylation is 1. The van der Waals surface area contributed by atoms with Crippen LogP contribution < -0.4 is 0 Å². The first kappa shape index (κ1) is 17.1. The van der Waals surface area contributed by atoms with E-state index in [0.29, 0.717) is 0 Å². The Bertz CT molecular complexity index is 1540. The van der Waals surface area contributed by atoms with Gasteiger partial charge in [0.15, 0.2) is 0 Å². The number of hydrogen-bond acceptors (Lipinski definition) is 0. The molecule has 142 valence electrons. The summed E-state index contributed by atoms with van der Waals surface area (Å²) in [5.74, 6) is 0. The summed E-state index contributed by atoms with van der Waals surface area (Å²) in [7, 11) is 0. The molecule has 1 heteroatoms. The van der Waals surface area contributed by atoms with E-state index in [-0.39, 0.29) is 0 Å². The maximum absolute atomic E-state index is 2.39. The molecular weight excluding hydrogens is 362 g/mol. The highest BCUT2D eigenvalue weighted by molar-refractivity contribution is 6.10. The number of para-hydroxylation sites is 1. The first-order chi connectivity index (χ1) is 14.8. The summed E-state index contributed by atoms with van der Waals surface area (Å²) >= 11 is 0. The minimum atomic E-state index is 1.19. The van der Waals surface area contributed by atoms with Gasteiger partial charge in [0.2, 0.25) is 0 Å². The molecule has 5 aromatic carbocycles. The number of nitrogens with zero attached hydrogens (tertiary/aromatic N) is 1. The predicted octanol–water partition coefficient (Wildman–Crippen LogP) is 7.91. The van der Waals surface area contributed by atoms with E-state index in [9.17, 15) is 0 Å². The number of fused-ring (bicyclic) bond motifs is 4. The van der Waals surface area contributed by atoms with Gasteiger partial charge in [-0.05, 0) is 64.7 Å². The highest BCUT2D eigenvalue weighted by Crippen LogP contribution is 2.35. The van der Waals surface area contributed by atoms with Gasteiger partial charge in [-0.1, -0.05) is 78.9 Å². The molecule has 6 aromatic rings. The van der Waals surface area contributed by atoms with Gasteiger partial charge in [-0.3, -0.25) is 0 Å². The Labute approximate surface area is 175 Å². The molecule has 1 nitrogen and oxygen atoms in total. The Hall–Kier alpha value is -3.84. The van der Waals surface area contributed by atoms with Crippen molar-refractivity contribution in [3.63, 3.8) is 0 Å². The lowest BCUT2D eigenvalue weighted by Gasteiger charge is -2.09. The summed E-state index contributed by atoms with van der Waals surface area (Å²) in [6.07, 6.45) is 0. The number of hydrogen-bond donors (Lipinski definition) is 0. The summed E-state index contributed by atoms with van der Waals surface area (Å²) in [4.78, 5) is 0. The van der Waals surface area contributed by atoms with Gasteiger partial charge in [0.1, 0.15) is 0 Å². The molecule has 1 heterocycles. The second-order valence-electron chi connectivity index (χ2n) is 7.99. The molecule has 0 aliphatic heterocycles. The zero-order valence-corrected chi connectivity index (χ0v) is 16.8. The summed E-state index contributed by atoms with van der Waals surface area (Å²) in [5.41, 5.74) is 7.46. The normalized spacial score (nSPS) is 11.5. The Kier molecular flexibility index (Phi) is 3.75. The van der Waals surface area contributed by atoms with E-state index in [0.717, 1.165) is 0 Å². The summed E-state index contributed by atoms with van der Waals surface area (Å²) in [6, 6.07) is 39.5. The maximum atomic E-state index is 2.39. The molecular formula is C29H21N. The molecule has 0 fully saturated rings. The van der Waals surface area contributed by atoms with Crippen LogP contribution in [0.3, 0.4) is 0 Å². The second-order valence-corrected chi connectivity index (χ2v) is 7.99. The first-order valence-electron chi connectivity index (χ1n) is 10.4. The summed E-state index contributed by atoms with van der Waals surface area (Å²) in [6.45, 7) is 2.16. The van der Waals surface area contributed by atoms with Crippen molar-refractivity contribution in [2.45, 2.75) is 6.92 Å². The Morgan fingerprint density at radius 3 is 1.97 bits per heavy atom. The molecule has 0 N–H and O–H groups in total. The van der Waals surface area contributed by atoms with Crippen LogP contribution in [0, 0.1) is 6.92 Å². The van der Waals surface area contributed by atoms with Crippen molar-refractivity contribution in [1.29, 1.82) is 0 Å². The summed E-state index contributed by atoms with van der Waals surface area (Å²) < 4.78 is 2.39. The highest BCUT2D eigenvalue weighted by Gasteiger charge is 2.13. The van der Waals surface area contributed by atoms with Crippen LogP contribution in [0.25, 0.3) is 49.4 Å². The number of rotatable bonds is 2. The summed E-state index contributed by atoms with van der Waals surface area (Å²) in [5, 5.41) is 5.13. The van der Waals surface area contributed by atoms with E-state index in [1.807, 2.05) is 0 Å². The molecule has 0 aliphatic rings. The number of benzene rings is 5. The van der Waals surface area contributed by atoms with Gasteiger partial charge in [-0.15, -0.1) is 0 Å². The van der Waals surface area contributed by atoms with Crippen LogP contribution in [0.4, 0.5) is 0 Å². The number of aromatic nitrogens is 1. The van der Waals surface area contributed by atoms with E-state index in [4.69, 9.17) is 0 Å². The smallest absolute Gasteiger partial charge is 0.0547 e. The van der Waals surface area contributed by atoms with Gasteiger partial charge in [0, 0.05) is 16.5 Å². The van der Waals surface area contributed by atoms with Crippen molar-refractivity contribution in [3.05, 3.63) is 115 Å².